The molecule has 2 aromatic carbocycles. The minimum atomic E-state index is 0.206. The summed E-state index contributed by atoms with van der Waals surface area (Å²) in [5, 5.41) is 3.74. The molecule has 2 nitrogen and oxygen atoms in total. The van der Waals surface area contributed by atoms with Crippen LogP contribution in [0.3, 0.4) is 0 Å². The third-order valence-electron chi connectivity index (χ3n) is 4.59. The van der Waals surface area contributed by atoms with Crippen molar-refractivity contribution < 1.29 is 4.74 Å². The maximum absolute atomic E-state index is 6.15. The van der Waals surface area contributed by atoms with E-state index in [4.69, 9.17) is 4.74 Å². The molecular formula is C18H18BrNO. The second kappa shape index (κ2) is 5.47. The molecule has 2 aliphatic heterocycles. The molecule has 1 saturated heterocycles. The van der Waals surface area contributed by atoms with Crippen LogP contribution < -0.4 is 5.32 Å². The van der Waals surface area contributed by atoms with Crippen LogP contribution in [-0.4, -0.2) is 6.61 Å². The molecule has 0 unspecified atom stereocenters. The van der Waals surface area contributed by atoms with Gasteiger partial charge < -0.3 is 10.1 Å². The lowest BCUT2D eigenvalue weighted by Gasteiger charge is -2.43. The highest BCUT2D eigenvalue weighted by atomic mass is 79.9. The summed E-state index contributed by atoms with van der Waals surface area (Å²) >= 11 is 3.58. The van der Waals surface area contributed by atoms with Crippen LogP contribution in [0, 0.1) is 5.92 Å². The van der Waals surface area contributed by atoms with Crippen LogP contribution in [-0.2, 0) is 4.74 Å². The van der Waals surface area contributed by atoms with Gasteiger partial charge in [0.2, 0.25) is 0 Å². The van der Waals surface area contributed by atoms with E-state index in [0.29, 0.717) is 12.0 Å². The van der Waals surface area contributed by atoms with E-state index in [1.807, 2.05) is 0 Å². The summed E-state index contributed by atoms with van der Waals surface area (Å²) in [6.45, 7) is 0.870. The van der Waals surface area contributed by atoms with Crippen LogP contribution in [0.25, 0.3) is 0 Å². The van der Waals surface area contributed by atoms with Crippen LogP contribution in [0.4, 0.5) is 5.69 Å². The van der Waals surface area contributed by atoms with Gasteiger partial charge in [-0.2, -0.15) is 0 Å². The van der Waals surface area contributed by atoms with Gasteiger partial charge in [-0.15, -0.1) is 0 Å². The smallest absolute Gasteiger partial charge is 0.0896 e. The molecule has 0 radical (unpaired) electrons. The summed E-state index contributed by atoms with van der Waals surface area (Å²) in [7, 11) is 0. The molecule has 2 aliphatic rings. The van der Waals surface area contributed by atoms with Crippen LogP contribution >= 0.6 is 15.9 Å². The maximum Gasteiger partial charge on any atom is 0.0896 e. The maximum atomic E-state index is 6.15. The molecule has 1 fully saturated rings. The van der Waals surface area contributed by atoms with E-state index >= 15 is 0 Å². The third-order valence-corrected chi connectivity index (χ3v) is 5.08. The van der Waals surface area contributed by atoms with E-state index in [-0.39, 0.29) is 6.10 Å². The van der Waals surface area contributed by atoms with Crippen LogP contribution in [0.15, 0.2) is 53.0 Å². The number of anilines is 1. The first-order valence-electron chi connectivity index (χ1n) is 7.55. The molecule has 0 bridgehead atoms. The summed E-state index contributed by atoms with van der Waals surface area (Å²) in [5.74, 6) is 0.503. The van der Waals surface area contributed by atoms with E-state index in [2.05, 4.69) is 69.8 Å². The lowest BCUT2D eigenvalue weighted by Crippen LogP contribution is -2.35. The highest BCUT2D eigenvalue weighted by molar-refractivity contribution is 9.10. The van der Waals surface area contributed by atoms with Crippen molar-refractivity contribution in [1.82, 2.24) is 0 Å². The Hall–Kier alpha value is -1.32. The second-order valence-corrected chi connectivity index (χ2v) is 6.78. The summed E-state index contributed by atoms with van der Waals surface area (Å²) in [5.41, 5.74) is 3.85. The molecule has 3 atom stereocenters. The van der Waals surface area contributed by atoms with E-state index in [0.717, 1.165) is 17.5 Å². The molecule has 0 spiro atoms. The third kappa shape index (κ3) is 2.39. The number of hydrogen-bond donors (Lipinski definition) is 1. The van der Waals surface area contributed by atoms with Crippen molar-refractivity contribution in [1.29, 1.82) is 0 Å². The lowest BCUT2D eigenvalue weighted by atomic mass is 9.77. The van der Waals surface area contributed by atoms with Crippen molar-refractivity contribution in [3.05, 3.63) is 64.1 Å². The Morgan fingerprint density at radius 2 is 1.95 bits per heavy atom. The Balaban J connectivity index is 1.79. The molecular weight excluding hydrogens is 326 g/mol. The van der Waals surface area contributed by atoms with Crippen LogP contribution in [0.5, 0.6) is 0 Å². The van der Waals surface area contributed by atoms with Gasteiger partial charge >= 0.3 is 0 Å². The number of halogens is 1. The van der Waals surface area contributed by atoms with Crippen molar-refractivity contribution >= 4 is 21.6 Å². The molecule has 0 saturated carbocycles. The van der Waals surface area contributed by atoms with Crippen LogP contribution in [0.1, 0.15) is 36.1 Å². The van der Waals surface area contributed by atoms with Gasteiger partial charge in [0.1, 0.15) is 0 Å². The number of benzene rings is 2. The molecule has 2 heterocycles. The van der Waals surface area contributed by atoms with Gasteiger partial charge in [0.25, 0.3) is 0 Å². The zero-order chi connectivity index (χ0) is 14.2. The molecule has 108 valence electrons. The Kier molecular flexibility index (Phi) is 3.48. The van der Waals surface area contributed by atoms with Gasteiger partial charge in [-0.1, -0.05) is 46.3 Å². The molecule has 3 heteroatoms. The normalized spacial score (nSPS) is 27.4. The first-order chi connectivity index (χ1) is 10.3. The van der Waals surface area contributed by atoms with E-state index in [9.17, 15) is 0 Å². The van der Waals surface area contributed by atoms with Crippen molar-refractivity contribution in [2.75, 3.05) is 11.9 Å². The fourth-order valence-electron chi connectivity index (χ4n) is 3.63. The topological polar surface area (TPSA) is 21.3 Å². The SMILES string of the molecule is Brc1ccc2c(c1)[C@H]1OCCC[C@H]1[C@@H](c1ccccc1)N2. The zero-order valence-corrected chi connectivity index (χ0v) is 13.3. The van der Waals surface area contributed by atoms with Gasteiger partial charge in [-0.3, -0.25) is 0 Å². The predicted molar refractivity (Wildman–Crippen MR) is 88.4 cm³/mol. The summed E-state index contributed by atoms with van der Waals surface area (Å²) in [4.78, 5) is 0. The van der Waals surface area contributed by atoms with Gasteiger partial charge in [0, 0.05) is 28.2 Å². The Labute approximate surface area is 133 Å². The Morgan fingerprint density at radius 1 is 1.10 bits per heavy atom. The van der Waals surface area contributed by atoms with Crippen molar-refractivity contribution in [3.8, 4) is 0 Å². The Bertz CT molecular complexity index is 643. The van der Waals surface area contributed by atoms with E-state index < -0.39 is 0 Å². The molecule has 0 aliphatic carbocycles. The summed E-state index contributed by atoms with van der Waals surface area (Å²) < 4.78 is 7.27. The summed E-state index contributed by atoms with van der Waals surface area (Å²) in [6, 6.07) is 17.5. The van der Waals surface area contributed by atoms with Gasteiger partial charge in [0.15, 0.2) is 0 Å². The van der Waals surface area contributed by atoms with Gasteiger partial charge in [0.05, 0.1) is 12.1 Å². The van der Waals surface area contributed by atoms with Gasteiger partial charge in [-0.05, 0) is 36.6 Å². The number of nitrogens with one attached hydrogen (secondary N) is 1. The average Bonchev–Trinajstić information content (AvgIpc) is 2.55. The molecule has 1 N–H and O–H groups in total. The van der Waals surface area contributed by atoms with Crippen molar-refractivity contribution in [3.63, 3.8) is 0 Å². The first-order valence-corrected chi connectivity index (χ1v) is 8.35. The molecule has 21 heavy (non-hydrogen) atoms. The van der Waals surface area contributed by atoms with E-state index in [1.54, 1.807) is 0 Å². The van der Waals surface area contributed by atoms with Crippen molar-refractivity contribution in [2.24, 2.45) is 5.92 Å². The average molecular weight is 344 g/mol. The quantitative estimate of drug-likeness (QED) is 0.779. The number of rotatable bonds is 1. The highest BCUT2D eigenvalue weighted by Crippen LogP contribution is 2.49. The number of ether oxygens (including phenoxy) is 1. The Morgan fingerprint density at radius 3 is 2.81 bits per heavy atom. The molecule has 4 rings (SSSR count). The molecule has 2 aromatic rings. The largest absolute Gasteiger partial charge is 0.378 e. The zero-order valence-electron chi connectivity index (χ0n) is 11.8. The predicted octanol–water partition coefficient (Wildman–Crippen LogP) is 5.08. The van der Waals surface area contributed by atoms with Gasteiger partial charge in [-0.25, -0.2) is 0 Å². The summed E-state index contributed by atoms with van der Waals surface area (Å²) in [6.07, 6.45) is 2.57. The van der Waals surface area contributed by atoms with E-state index in [1.165, 1.54) is 23.2 Å². The second-order valence-electron chi connectivity index (χ2n) is 5.86. The standard InChI is InChI=1S/C18H18BrNO/c19-13-8-9-16-15(11-13)18-14(7-4-10-21-18)17(20-16)12-5-2-1-3-6-12/h1-3,5-6,8-9,11,14,17-18,20H,4,7,10H2/t14-,17+,18-/m0/s1. The lowest BCUT2D eigenvalue weighted by molar-refractivity contribution is -0.0381. The fraction of sp³-hybridized carbons (Fsp3) is 0.333. The fourth-order valence-corrected chi connectivity index (χ4v) is 4.01. The number of hydrogen-bond acceptors (Lipinski definition) is 2. The minimum Gasteiger partial charge on any atom is -0.378 e. The van der Waals surface area contributed by atoms with Crippen molar-refractivity contribution in [2.45, 2.75) is 25.0 Å². The first kappa shape index (κ1) is 13.4. The monoisotopic (exact) mass is 343 g/mol. The van der Waals surface area contributed by atoms with Crippen LogP contribution in [0.2, 0.25) is 0 Å². The number of fused-ring (bicyclic) bond motifs is 3. The molecule has 0 amide bonds. The highest BCUT2D eigenvalue weighted by Gasteiger charge is 2.39. The molecule has 0 aromatic heterocycles. The minimum absolute atomic E-state index is 0.206.